The van der Waals surface area contributed by atoms with Crippen molar-refractivity contribution < 1.29 is 4.42 Å². The molecule has 1 saturated carbocycles. The van der Waals surface area contributed by atoms with E-state index in [1.54, 1.807) is 0 Å². The molecular formula is C26H21ClIN3O2. The van der Waals surface area contributed by atoms with E-state index in [2.05, 4.69) is 32.8 Å². The zero-order valence-corrected chi connectivity index (χ0v) is 20.6. The van der Waals surface area contributed by atoms with Gasteiger partial charge in [-0.3, -0.25) is 9.89 Å². The number of hydrogen-bond acceptors (Lipinski definition) is 4. The average molecular weight is 570 g/mol. The fourth-order valence-corrected chi connectivity index (χ4v) is 5.15. The summed E-state index contributed by atoms with van der Waals surface area (Å²) in [5, 5.41) is 8.79. The molecular weight excluding hydrogens is 549 g/mol. The number of benzene rings is 3. The molecule has 2 heterocycles. The van der Waals surface area contributed by atoms with E-state index in [4.69, 9.17) is 10.2 Å². The number of halogens is 2. The maximum Gasteiger partial charge on any atom is 0.201 e. The Hall–Kier alpha value is -2.68. The lowest BCUT2D eigenvalue weighted by Gasteiger charge is -2.38. The van der Waals surface area contributed by atoms with Crippen LogP contribution in [0.25, 0.3) is 44.3 Å². The third kappa shape index (κ3) is 3.48. The Bertz CT molecular complexity index is 1540. The molecule has 1 fully saturated rings. The summed E-state index contributed by atoms with van der Waals surface area (Å²) >= 11 is 2.18. The molecule has 0 amide bonds. The Morgan fingerprint density at radius 3 is 2.30 bits per heavy atom. The third-order valence-electron chi connectivity index (χ3n) is 6.58. The summed E-state index contributed by atoms with van der Waals surface area (Å²) in [6, 6.07) is 21.6. The van der Waals surface area contributed by atoms with Gasteiger partial charge in [0.25, 0.3) is 0 Å². The first-order valence-corrected chi connectivity index (χ1v) is 11.7. The van der Waals surface area contributed by atoms with Crippen molar-refractivity contribution in [2.75, 3.05) is 0 Å². The van der Waals surface area contributed by atoms with Crippen LogP contribution >= 0.6 is 35.0 Å². The number of nitrogens with two attached hydrogens (primary N) is 1. The van der Waals surface area contributed by atoms with E-state index in [0.717, 1.165) is 50.6 Å². The molecule has 2 aromatic heterocycles. The topological polar surface area (TPSA) is 84.9 Å². The largest absolute Gasteiger partial charge is 0.453 e. The van der Waals surface area contributed by atoms with E-state index < -0.39 is 0 Å². The molecule has 5 nitrogen and oxygen atoms in total. The minimum Gasteiger partial charge on any atom is -0.453 e. The van der Waals surface area contributed by atoms with E-state index in [0.29, 0.717) is 22.3 Å². The van der Waals surface area contributed by atoms with Crippen LogP contribution in [0.3, 0.4) is 0 Å². The van der Waals surface area contributed by atoms with Gasteiger partial charge in [0.2, 0.25) is 5.43 Å². The SMILES string of the molecule is Cl.NC1(c2ccc(-c3c(-c4ccccc4)oc4c(ccc5c(I)n[nH]c54)c3=O)cc2)CCC1. The van der Waals surface area contributed by atoms with Crippen molar-refractivity contribution >= 4 is 56.9 Å². The van der Waals surface area contributed by atoms with Gasteiger partial charge >= 0.3 is 0 Å². The fourth-order valence-electron chi connectivity index (χ4n) is 4.58. The Morgan fingerprint density at radius 1 is 0.939 bits per heavy atom. The minimum atomic E-state index is -0.238. The maximum absolute atomic E-state index is 13.8. The molecule has 3 aromatic carbocycles. The first-order chi connectivity index (χ1) is 15.5. The fraction of sp³-hybridized carbons (Fsp3) is 0.154. The van der Waals surface area contributed by atoms with Gasteiger partial charge in [0.1, 0.15) is 15.0 Å². The van der Waals surface area contributed by atoms with Gasteiger partial charge in [-0.25, -0.2) is 0 Å². The molecule has 166 valence electrons. The van der Waals surface area contributed by atoms with Crippen molar-refractivity contribution in [3.05, 3.63) is 86.2 Å². The predicted molar refractivity (Wildman–Crippen MR) is 143 cm³/mol. The number of hydrogen-bond donors (Lipinski definition) is 2. The second kappa shape index (κ2) is 8.27. The maximum atomic E-state index is 13.8. The summed E-state index contributed by atoms with van der Waals surface area (Å²) < 4.78 is 7.31. The standard InChI is InChI=1S/C26H20IN3O2.ClH/c27-25-18-11-12-19-22(31)20(15-7-9-17(10-8-15)26(28)13-4-14-26)23(16-5-2-1-3-6-16)32-24(19)21(18)29-30-25;/h1-3,5-12H,4,13-14,28H2,(H,29,30);1H. The highest BCUT2D eigenvalue weighted by Gasteiger charge is 2.34. The van der Waals surface area contributed by atoms with Gasteiger partial charge in [-0.05, 0) is 65.1 Å². The quantitative estimate of drug-likeness (QED) is 0.247. The molecule has 6 rings (SSSR count). The normalized spacial score (nSPS) is 14.7. The number of aromatic nitrogens is 2. The molecule has 0 spiro atoms. The van der Waals surface area contributed by atoms with E-state index in [1.807, 2.05) is 66.7 Å². The van der Waals surface area contributed by atoms with E-state index in [1.165, 1.54) is 0 Å². The zero-order valence-electron chi connectivity index (χ0n) is 17.6. The van der Waals surface area contributed by atoms with Crippen molar-refractivity contribution in [1.82, 2.24) is 10.2 Å². The van der Waals surface area contributed by atoms with Gasteiger partial charge in [-0.2, -0.15) is 5.10 Å². The smallest absolute Gasteiger partial charge is 0.201 e. The average Bonchev–Trinajstić information content (AvgIpc) is 3.19. The van der Waals surface area contributed by atoms with Gasteiger partial charge in [0.05, 0.1) is 10.9 Å². The summed E-state index contributed by atoms with van der Waals surface area (Å²) in [6.45, 7) is 0. The van der Waals surface area contributed by atoms with E-state index in [9.17, 15) is 4.79 Å². The molecule has 0 radical (unpaired) electrons. The molecule has 1 aliphatic rings. The van der Waals surface area contributed by atoms with Crippen molar-refractivity contribution in [1.29, 1.82) is 0 Å². The highest BCUT2D eigenvalue weighted by molar-refractivity contribution is 14.1. The summed E-state index contributed by atoms with van der Waals surface area (Å²) in [5.74, 6) is 0.555. The van der Waals surface area contributed by atoms with E-state index >= 15 is 0 Å². The van der Waals surface area contributed by atoms with E-state index in [-0.39, 0.29) is 23.4 Å². The second-order valence-corrected chi connectivity index (χ2v) is 9.49. The van der Waals surface area contributed by atoms with Crippen LogP contribution in [0.1, 0.15) is 24.8 Å². The molecule has 0 unspecified atom stereocenters. The predicted octanol–water partition coefficient (Wildman–Crippen LogP) is 6.37. The number of nitrogens with zero attached hydrogens (tertiary/aromatic N) is 1. The molecule has 0 saturated heterocycles. The molecule has 33 heavy (non-hydrogen) atoms. The van der Waals surface area contributed by atoms with Crippen molar-refractivity contribution in [2.24, 2.45) is 5.73 Å². The first-order valence-electron chi connectivity index (χ1n) is 10.6. The molecule has 0 atom stereocenters. The van der Waals surface area contributed by atoms with Crippen LogP contribution in [-0.2, 0) is 5.54 Å². The molecule has 0 aliphatic heterocycles. The number of aromatic amines is 1. The molecule has 5 aromatic rings. The Labute approximate surface area is 209 Å². The van der Waals surface area contributed by atoms with Crippen LogP contribution in [0.4, 0.5) is 0 Å². The zero-order chi connectivity index (χ0) is 21.9. The number of H-pyrrole nitrogens is 1. The third-order valence-corrected chi connectivity index (χ3v) is 7.40. The summed E-state index contributed by atoms with van der Waals surface area (Å²) in [4.78, 5) is 13.8. The number of fused-ring (bicyclic) bond motifs is 3. The lowest BCUT2D eigenvalue weighted by molar-refractivity contribution is 0.253. The van der Waals surface area contributed by atoms with Crippen LogP contribution in [0.2, 0.25) is 0 Å². The van der Waals surface area contributed by atoms with Crippen LogP contribution in [0.15, 0.2) is 75.9 Å². The van der Waals surface area contributed by atoms with Crippen molar-refractivity contribution in [3.63, 3.8) is 0 Å². The highest BCUT2D eigenvalue weighted by atomic mass is 127. The molecule has 0 bridgehead atoms. The Kier molecular flexibility index (Phi) is 5.55. The van der Waals surface area contributed by atoms with Crippen LogP contribution in [0.5, 0.6) is 0 Å². The molecule has 1 aliphatic carbocycles. The minimum absolute atomic E-state index is 0. The Balaban J connectivity index is 0.00000228. The highest BCUT2D eigenvalue weighted by Crippen LogP contribution is 2.40. The lowest BCUT2D eigenvalue weighted by Crippen LogP contribution is -2.43. The molecule has 3 N–H and O–H groups in total. The summed E-state index contributed by atoms with van der Waals surface area (Å²) in [7, 11) is 0. The second-order valence-electron chi connectivity index (χ2n) is 8.47. The van der Waals surface area contributed by atoms with Gasteiger partial charge < -0.3 is 10.2 Å². The number of rotatable bonds is 3. The lowest BCUT2D eigenvalue weighted by atomic mass is 9.72. The number of nitrogens with one attached hydrogen (secondary N) is 1. The van der Waals surface area contributed by atoms with Crippen LogP contribution in [-0.4, -0.2) is 10.2 Å². The van der Waals surface area contributed by atoms with Gasteiger partial charge in [0, 0.05) is 16.5 Å². The summed E-state index contributed by atoms with van der Waals surface area (Å²) in [5.41, 5.74) is 10.8. The van der Waals surface area contributed by atoms with Crippen LogP contribution in [0, 0.1) is 3.70 Å². The Morgan fingerprint density at radius 2 is 1.64 bits per heavy atom. The van der Waals surface area contributed by atoms with Crippen molar-refractivity contribution in [2.45, 2.75) is 24.8 Å². The van der Waals surface area contributed by atoms with Crippen molar-refractivity contribution in [3.8, 4) is 22.5 Å². The monoisotopic (exact) mass is 569 g/mol. The van der Waals surface area contributed by atoms with Gasteiger partial charge in [0.15, 0.2) is 5.58 Å². The van der Waals surface area contributed by atoms with Gasteiger partial charge in [-0.15, -0.1) is 12.4 Å². The van der Waals surface area contributed by atoms with Gasteiger partial charge in [-0.1, -0.05) is 54.6 Å². The molecule has 7 heteroatoms. The summed E-state index contributed by atoms with van der Waals surface area (Å²) in [6.07, 6.45) is 3.16. The van der Waals surface area contributed by atoms with Crippen LogP contribution < -0.4 is 11.2 Å². The first kappa shape index (κ1) is 22.1.